The number of pyridine rings is 1. The first-order chi connectivity index (χ1) is 5.18. The van der Waals surface area contributed by atoms with Gasteiger partial charge in [0.15, 0.2) is 0 Å². The van der Waals surface area contributed by atoms with Crippen molar-refractivity contribution in [2.75, 3.05) is 0 Å². The van der Waals surface area contributed by atoms with Crippen molar-refractivity contribution in [3.63, 3.8) is 0 Å². The first kappa shape index (κ1) is 12.3. The molecule has 61 valence electrons. The summed E-state index contributed by atoms with van der Waals surface area (Å²) < 4.78 is 0.915. The van der Waals surface area contributed by atoms with E-state index in [1.807, 2.05) is 6.07 Å². The maximum atomic E-state index is 10.5. The van der Waals surface area contributed by atoms with E-state index in [4.69, 9.17) is 0 Å². The summed E-state index contributed by atoms with van der Waals surface area (Å²) in [6.07, 6.45) is 1.98. The van der Waals surface area contributed by atoms with Crippen LogP contribution < -0.4 is 0 Å². The molecule has 0 amide bonds. The number of hydrogen-bond acceptors (Lipinski definition) is 2. The van der Waals surface area contributed by atoms with Crippen LogP contribution in [0.2, 0.25) is 0 Å². The number of carbonyl (C=O) groups is 1. The van der Waals surface area contributed by atoms with Gasteiger partial charge in [0.05, 0.1) is 0 Å². The molecule has 0 bridgehead atoms. The summed E-state index contributed by atoms with van der Waals surface area (Å²) in [5, 5.41) is 0. The van der Waals surface area contributed by atoms with Crippen molar-refractivity contribution in [3.8, 4) is 0 Å². The van der Waals surface area contributed by atoms with E-state index in [-0.39, 0.29) is 38.5 Å². The third-order valence-corrected chi connectivity index (χ3v) is 1.64. The summed E-state index contributed by atoms with van der Waals surface area (Å²) in [4.78, 5) is 14.5. The zero-order valence-corrected chi connectivity index (χ0v) is 10.9. The summed E-state index contributed by atoms with van der Waals surface area (Å²) in [5.74, 6) is -0.111. The Morgan fingerprint density at radius 2 is 2.25 bits per heavy atom. The minimum absolute atomic E-state index is 0. The van der Waals surface area contributed by atoms with Crippen LogP contribution in [0.25, 0.3) is 0 Å². The SMILES string of the molecule is [CH2-]C(=O)Cc1ccc(Br)cn1.[Y]. The van der Waals surface area contributed by atoms with Crippen LogP contribution in [0.1, 0.15) is 5.69 Å². The van der Waals surface area contributed by atoms with Gasteiger partial charge < -0.3 is 11.7 Å². The van der Waals surface area contributed by atoms with Crippen molar-refractivity contribution in [2.24, 2.45) is 0 Å². The zero-order chi connectivity index (χ0) is 8.27. The molecule has 1 aromatic rings. The van der Waals surface area contributed by atoms with Crippen molar-refractivity contribution in [1.82, 2.24) is 4.98 Å². The normalized spacial score (nSPS) is 8.75. The molecule has 0 saturated heterocycles. The number of rotatable bonds is 2. The smallest absolute Gasteiger partial charge is 0.0451 e. The standard InChI is InChI=1S/C8H7BrNO.Y/c1-6(11)4-8-3-2-7(9)5-10-8;/h2-3,5H,1,4H2;/q-1;. The van der Waals surface area contributed by atoms with Gasteiger partial charge in [-0.15, -0.1) is 0 Å². The maximum Gasteiger partial charge on any atom is 0.0451 e. The van der Waals surface area contributed by atoms with Crippen molar-refractivity contribution in [3.05, 3.63) is 35.4 Å². The Kier molecular flexibility index (Phi) is 5.97. The van der Waals surface area contributed by atoms with E-state index in [2.05, 4.69) is 27.8 Å². The molecule has 1 aromatic heterocycles. The van der Waals surface area contributed by atoms with Gasteiger partial charge in [-0.2, -0.15) is 0 Å². The van der Waals surface area contributed by atoms with Crippen molar-refractivity contribution < 1.29 is 37.5 Å². The van der Waals surface area contributed by atoms with E-state index < -0.39 is 0 Å². The van der Waals surface area contributed by atoms with Crippen molar-refractivity contribution in [2.45, 2.75) is 6.42 Å². The van der Waals surface area contributed by atoms with Gasteiger partial charge in [0.2, 0.25) is 0 Å². The van der Waals surface area contributed by atoms with Gasteiger partial charge in [0.25, 0.3) is 0 Å². The minimum Gasteiger partial charge on any atom is -0.339 e. The van der Waals surface area contributed by atoms with Gasteiger partial charge in [-0.3, -0.25) is 4.98 Å². The fourth-order valence-electron chi connectivity index (χ4n) is 0.713. The summed E-state index contributed by atoms with van der Waals surface area (Å²) in [6.45, 7) is 3.27. The van der Waals surface area contributed by atoms with Gasteiger partial charge in [-0.05, 0) is 28.1 Å². The van der Waals surface area contributed by atoms with E-state index in [1.165, 1.54) is 0 Å². The summed E-state index contributed by atoms with van der Waals surface area (Å²) >= 11 is 3.25. The molecule has 4 heteroatoms. The van der Waals surface area contributed by atoms with Crippen LogP contribution in [0.3, 0.4) is 0 Å². The molecule has 1 heterocycles. The Hall–Kier alpha value is 0.274. The first-order valence-electron chi connectivity index (χ1n) is 3.13. The van der Waals surface area contributed by atoms with E-state index >= 15 is 0 Å². The van der Waals surface area contributed by atoms with E-state index in [9.17, 15) is 4.79 Å². The molecule has 0 saturated carbocycles. The molecule has 0 aliphatic carbocycles. The van der Waals surface area contributed by atoms with Gasteiger partial charge in [-0.25, -0.2) is 0 Å². The molecule has 0 aromatic carbocycles. The molecular formula is C8H7BrNOY-. The molecular weight excluding hydrogens is 295 g/mol. The van der Waals surface area contributed by atoms with Crippen LogP contribution in [0, 0.1) is 6.92 Å². The molecule has 0 aliphatic rings. The number of hydrogen-bond donors (Lipinski definition) is 0. The van der Waals surface area contributed by atoms with Crippen LogP contribution >= 0.6 is 15.9 Å². The summed E-state index contributed by atoms with van der Waals surface area (Å²) in [7, 11) is 0. The molecule has 0 atom stereocenters. The summed E-state index contributed by atoms with van der Waals surface area (Å²) in [6, 6.07) is 3.65. The van der Waals surface area contributed by atoms with Gasteiger partial charge in [0, 0.05) is 61.3 Å². The van der Waals surface area contributed by atoms with E-state index in [0.717, 1.165) is 10.2 Å². The van der Waals surface area contributed by atoms with Crippen molar-refractivity contribution in [1.29, 1.82) is 0 Å². The quantitative estimate of drug-likeness (QED) is 0.780. The first-order valence-corrected chi connectivity index (χ1v) is 3.93. The largest absolute Gasteiger partial charge is 0.339 e. The Labute approximate surface area is 105 Å². The second-order valence-electron chi connectivity index (χ2n) is 2.18. The van der Waals surface area contributed by atoms with Crippen LogP contribution in [-0.4, -0.2) is 10.8 Å². The number of ketones is 1. The molecule has 0 N–H and O–H groups in total. The molecule has 12 heavy (non-hydrogen) atoms. The van der Waals surface area contributed by atoms with E-state index in [0.29, 0.717) is 6.42 Å². The molecule has 2 nitrogen and oxygen atoms in total. The second kappa shape index (κ2) is 5.84. The van der Waals surface area contributed by atoms with Crippen LogP contribution in [0.4, 0.5) is 0 Å². The summed E-state index contributed by atoms with van der Waals surface area (Å²) in [5.41, 5.74) is 0.758. The van der Waals surface area contributed by atoms with Crippen LogP contribution in [0.5, 0.6) is 0 Å². The number of nitrogens with zero attached hydrogens (tertiary/aromatic N) is 1. The Morgan fingerprint density at radius 1 is 1.58 bits per heavy atom. The molecule has 0 aliphatic heterocycles. The maximum absolute atomic E-state index is 10.5. The molecule has 0 unspecified atom stereocenters. The average Bonchev–Trinajstić information content (AvgIpc) is 1.93. The second-order valence-corrected chi connectivity index (χ2v) is 3.10. The predicted molar refractivity (Wildman–Crippen MR) is 46.0 cm³/mol. The topological polar surface area (TPSA) is 30.0 Å². The predicted octanol–water partition coefficient (Wildman–Crippen LogP) is 1.79. The Morgan fingerprint density at radius 3 is 2.67 bits per heavy atom. The average molecular weight is 302 g/mol. The Bertz CT molecular complexity index is 260. The molecule has 0 spiro atoms. The van der Waals surface area contributed by atoms with E-state index in [1.54, 1.807) is 12.3 Å². The monoisotopic (exact) mass is 301 g/mol. The minimum atomic E-state index is -0.111. The van der Waals surface area contributed by atoms with Gasteiger partial charge in [0.1, 0.15) is 0 Å². The third kappa shape index (κ3) is 4.34. The van der Waals surface area contributed by atoms with Gasteiger partial charge in [-0.1, -0.05) is 0 Å². The van der Waals surface area contributed by atoms with Crippen LogP contribution in [0.15, 0.2) is 22.8 Å². The number of halogens is 1. The third-order valence-electron chi connectivity index (χ3n) is 1.17. The van der Waals surface area contributed by atoms with Crippen LogP contribution in [-0.2, 0) is 43.9 Å². The van der Waals surface area contributed by atoms with Crippen molar-refractivity contribution >= 4 is 21.7 Å². The number of carbonyl (C=O) groups excluding carboxylic acids is 1. The molecule has 1 radical (unpaired) electrons. The zero-order valence-electron chi connectivity index (χ0n) is 6.46. The van der Waals surface area contributed by atoms with Gasteiger partial charge >= 0.3 is 0 Å². The fourth-order valence-corrected chi connectivity index (χ4v) is 0.948. The molecule has 0 fully saturated rings. The fraction of sp³-hybridized carbons (Fsp3) is 0.125. The number of Topliss-reactive ketones (excluding diaryl/α,β-unsaturated/α-hetero) is 1. The molecule has 1 rings (SSSR count). The Balaban J connectivity index is 0.00000121. The number of aromatic nitrogens is 1.